The van der Waals surface area contributed by atoms with Crippen molar-refractivity contribution in [3.63, 3.8) is 0 Å². The van der Waals surface area contributed by atoms with Crippen molar-refractivity contribution in [2.24, 2.45) is 0 Å². The van der Waals surface area contributed by atoms with E-state index in [0.29, 0.717) is 0 Å². The summed E-state index contributed by atoms with van der Waals surface area (Å²) in [5, 5.41) is 4.00. The van der Waals surface area contributed by atoms with Gasteiger partial charge in [0.15, 0.2) is 5.13 Å². The van der Waals surface area contributed by atoms with Crippen LogP contribution >= 0.6 is 22.9 Å². The first-order valence-electron chi connectivity index (χ1n) is 6.72. The van der Waals surface area contributed by atoms with Gasteiger partial charge in [-0.05, 0) is 25.0 Å². The molecule has 0 unspecified atom stereocenters. The van der Waals surface area contributed by atoms with Gasteiger partial charge in [0.1, 0.15) is 5.88 Å². The number of rotatable bonds is 3. The minimum atomic E-state index is -0.0946. The number of fused-ring (bicyclic) bond motifs is 1. The summed E-state index contributed by atoms with van der Waals surface area (Å²) in [6.45, 7) is 1.80. The van der Waals surface area contributed by atoms with Gasteiger partial charge in [-0.2, -0.15) is 0 Å². The van der Waals surface area contributed by atoms with Crippen LogP contribution in [0.4, 0.5) is 5.13 Å². The normalized spacial score (nSPS) is 19.2. The fourth-order valence-corrected chi connectivity index (χ4v) is 3.61. The monoisotopic (exact) mass is 309 g/mol. The molecular weight excluding hydrogens is 294 g/mol. The SMILES string of the molecule is O=C(CCl)N[C@@H]1CCCN(c2nc3ccccc3s2)C1. The van der Waals surface area contributed by atoms with E-state index >= 15 is 0 Å². The van der Waals surface area contributed by atoms with Gasteiger partial charge in [-0.15, -0.1) is 11.6 Å². The number of halogens is 1. The van der Waals surface area contributed by atoms with Crippen molar-refractivity contribution in [1.82, 2.24) is 10.3 Å². The molecule has 2 heterocycles. The molecule has 1 amide bonds. The smallest absolute Gasteiger partial charge is 0.235 e. The summed E-state index contributed by atoms with van der Waals surface area (Å²) in [5.74, 6) is -0.0692. The van der Waals surface area contributed by atoms with E-state index in [9.17, 15) is 4.79 Å². The van der Waals surface area contributed by atoms with Gasteiger partial charge in [0.2, 0.25) is 5.91 Å². The van der Waals surface area contributed by atoms with Gasteiger partial charge < -0.3 is 10.2 Å². The first-order chi connectivity index (χ1) is 9.76. The number of aromatic nitrogens is 1. The summed E-state index contributed by atoms with van der Waals surface area (Å²) >= 11 is 7.25. The zero-order valence-electron chi connectivity index (χ0n) is 11.0. The van der Waals surface area contributed by atoms with Crippen molar-refractivity contribution in [2.45, 2.75) is 18.9 Å². The van der Waals surface area contributed by atoms with Crippen LogP contribution in [0.3, 0.4) is 0 Å². The Kier molecular flexibility index (Phi) is 4.08. The highest BCUT2D eigenvalue weighted by atomic mass is 35.5. The number of carbonyl (C=O) groups is 1. The zero-order chi connectivity index (χ0) is 13.9. The molecule has 1 aliphatic rings. The summed E-state index contributed by atoms with van der Waals surface area (Å²) in [4.78, 5) is 18.3. The van der Waals surface area contributed by atoms with E-state index in [1.807, 2.05) is 18.2 Å². The van der Waals surface area contributed by atoms with Crippen molar-refractivity contribution in [3.8, 4) is 0 Å². The molecule has 1 aliphatic heterocycles. The van der Waals surface area contributed by atoms with E-state index in [1.165, 1.54) is 4.70 Å². The Balaban J connectivity index is 1.74. The van der Waals surface area contributed by atoms with Crippen LogP contribution in [-0.2, 0) is 4.79 Å². The van der Waals surface area contributed by atoms with Gasteiger partial charge in [-0.25, -0.2) is 4.98 Å². The van der Waals surface area contributed by atoms with Gasteiger partial charge in [0, 0.05) is 19.1 Å². The fourth-order valence-electron chi connectivity index (χ4n) is 2.53. The number of para-hydroxylation sites is 1. The van der Waals surface area contributed by atoms with Gasteiger partial charge in [0.05, 0.1) is 10.2 Å². The molecule has 3 rings (SSSR count). The summed E-state index contributed by atoms with van der Waals surface area (Å²) in [5.41, 5.74) is 1.04. The highest BCUT2D eigenvalue weighted by Gasteiger charge is 2.23. The lowest BCUT2D eigenvalue weighted by molar-refractivity contribution is -0.119. The number of piperidine rings is 1. The largest absolute Gasteiger partial charge is 0.351 e. The number of benzene rings is 1. The number of hydrogen-bond acceptors (Lipinski definition) is 4. The number of amides is 1. The molecule has 0 saturated carbocycles. The maximum absolute atomic E-state index is 11.4. The van der Waals surface area contributed by atoms with E-state index in [2.05, 4.69) is 21.3 Å². The Morgan fingerprint density at radius 3 is 3.15 bits per heavy atom. The van der Waals surface area contributed by atoms with E-state index in [4.69, 9.17) is 11.6 Å². The van der Waals surface area contributed by atoms with Crippen LogP contribution in [0.2, 0.25) is 0 Å². The molecule has 0 spiro atoms. The number of anilines is 1. The standard InChI is InChI=1S/C14H16ClN3OS/c15-8-13(19)16-10-4-3-7-18(9-10)14-17-11-5-1-2-6-12(11)20-14/h1-2,5-6,10H,3-4,7-9H2,(H,16,19)/t10-/m1/s1. The Labute approximate surface area is 126 Å². The Bertz CT molecular complexity index is 582. The van der Waals surface area contributed by atoms with E-state index in [0.717, 1.165) is 36.6 Å². The Morgan fingerprint density at radius 2 is 2.35 bits per heavy atom. The van der Waals surface area contributed by atoms with E-state index < -0.39 is 0 Å². The van der Waals surface area contributed by atoms with Crippen LogP contribution in [0.25, 0.3) is 10.2 Å². The zero-order valence-corrected chi connectivity index (χ0v) is 12.6. The Hall–Kier alpha value is -1.33. The number of nitrogens with one attached hydrogen (secondary N) is 1. The molecule has 0 aliphatic carbocycles. The van der Waals surface area contributed by atoms with Crippen molar-refractivity contribution in [3.05, 3.63) is 24.3 Å². The second-order valence-electron chi connectivity index (χ2n) is 4.95. The van der Waals surface area contributed by atoms with Crippen LogP contribution in [0, 0.1) is 0 Å². The molecule has 6 heteroatoms. The molecule has 1 saturated heterocycles. The van der Waals surface area contributed by atoms with Crippen molar-refractivity contribution >= 4 is 44.2 Å². The van der Waals surface area contributed by atoms with Crippen LogP contribution in [-0.4, -0.2) is 35.9 Å². The quantitative estimate of drug-likeness (QED) is 0.887. The first kappa shape index (κ1) is 13.6. The molecule has 1 aromatic carbocycles. The molecule has 0 radical (unpaired) electrons. The van der Waals surface area contributed by atoms with E-state index in [-0.39, 0.29) is 17.8 Å². The maximum Gasteiger partial charge on any atom is 0.235 e. The minimum absolute atomic E-state index is 0.0254. The molecule has 1 fully saturated rings. The second-order valence-corrected chi connectivity index (χ2v) is 6.23. The topological polar surface area (TPSA) is 45.2 Å². The molecule has 106 valence electrons. The molecule has 1 N–H and O–H groups in total. The van der Waals surface area contributed by atoms with Gasteiger partial charge in [0.25, 0.3) is 0 Å². The maximum atomic E-state index is 11.4. The lowest BCUT2D eigenvalue weighted by Gasteiger charge is -2.32. The van der Waals surface area contributed by atoms with Crippen LogP contribution in [0.1, 0.15) is 12.8 Å². The molecule has 1 atom stereocenters. The lowest BCUT2D eigenvalue weighted by Crippen LogP contribution is -2.48. The van der Waals surface area contributed by atoms with E-state index in [1.54, 1.807) is 11.3 Å². The van der Waals surface area contributed by atoms with Crippen LogP contribution < -0.4 is 10.2 Å². The average Bonchev–Trinajstić information content (AvgIpc) is 2.91. The van der Waals surface area contributed by atoms with Crippen molar-refractivity contribution in [2.75, 3.05) is 23.9 Å². The number of alkyl halides is 1. The molecular formula is C14H16ClN3OS. The summed E-state index contributed by atoms with van der Waals surface area (Å²) in [6, 6.07) is 8.33. The molecule has 4 nitrogen and oxygen atoms in total. The third kappa shape index (κ3) is 2.88. The Morgan fingerprint density at radius 1 is 1.50 bits per heavy atom. The molecule has 2 aromatic rings. The van der Waals surface area contributed by atoms with Crippen LogP contribution in [0.5, 0.6) is 0 Å². The number of nitrogens with zero attached hydrogens (tertiary/aromatic N) is 2. The van der Waals surface area contributed by atoms with Gasteiger partial charge >= 0.3 is 0 Å². The molecule has 1 aromatic heterocycles. The third-order valence-corrected chi connectivity index (χ3v) is 4.80. The summed E-state index contributed by atoms with van der Waals surface area (Å²) in [6.07, 6.45) is 2.06. The van der Waals surface area contributed by atoms with Crippen molar-refractivity contribution < 1.29 is 4.79 Å². The predicted octanol–water partition coefficient (Wildman–Crippen LogP) is 2.62. The van der Waals surface area contributed by atoms with Crippen molar-refractivity contribution in [1.29, 1.82) is 0 Å². The molecule has 0 bridgehead atoms. The predicted molar refractivity (Wildman–Crippen MR) is 83.7 cm³/mol. The number of hydrogen-bond donors (Lipinski definition) is 1. The highest BCUT2D eigenvalue weighted by Crippen LogP contribution is 2.30. The van der Waals surface area contributed by atoms with Gasteiger partial charge in [-0.3, -0.25) is 4.79 Å². The number of carbonyl (C=O) groups excluding carboxylic acids is 1. The fraction of sp³-hybridized carbons (Fsp3) is 0.429. The average molecular weight is 310 g/mol. The molecule has 20 heavy (non-hydrogen) atoms. The summed E-state index contributed by atoms with van der Waals surface area (Å²) < 4.78 is 1.20. The minimum Gasteiger partial charge on any atom is -0.351 e. The second kappa shape index (κ2) is 5.97. The van der Waals surface area contributed by atoms with Gasteiger partial charge in [-0.1, -0.05) is 23.5 Å². The number of thiazole rings is 1. The van der Waals surface area contributed by atoms with Crippen LogP contribution in [0.15, 0.2) is 24.3 Å². The third-order valence-electron chi connectivity index (χ3n) is 3.46. The first-order valence-corrected chi connectivity index (χ1v) is 8.07. The highest BCUT2D eigenvalue weighted by molar-refractivity contribution is 7.22. The summed E-state index contributed by atoms with van der Waals surface area (Å²) in [7, 11) is 0. The lowest BCUT2D eigenvalue weighted by atomic mass is 10.1.